The fraction of sp³-hybridized carbons (Fsp3) is 0.250. The van der Waals surface area contributed by atoms with Gasteiger partial charge in [0.25, 0.3) is 0 Å². The zero-order chi connectivity index (χ0) is 9.47. The molecule has 1 aliphatic heterocycles. The summed E-state index contributed by atoms with van der Waals surface area (Å²) in [4.78, 5) is 0. The predicted molar refractivity (Wildman–Crippen MR) is 49.2 cm³/mol. The predicted octanol–water partition coefficient (Wildman–Crippen LogP) is 1.09. The second-order valence-corrected chi connectivity index (χ2v) is 4.53. The van der Waals surface area contributed by atoms with Crippen LogP contribution >= 0.6 is 0 Å². The molecule has 0 unspecified atom stereocenters. The molecule has 13 heavy (non-hydrogen) atoms. The van der Waals surface area contributed by atoms with Gasteiger partial charge in [0.1, 0.15) is 0 Å². The van der Waals surface area contributed by atoms with Gasteiger partial charge in [0.15, 0.2) is 11.6 Å². The van der Waals surface area contributed by atoms with Gasteiger partial charge < -0.3 is 9.50 Å². The Balaban J connectivity index is 2.48. The van der Waals surface area contributed by atoms with Crippen molar-refractivity contribution in [1.29, 1.82) is 0 Å². The maximum absolute atomic E-state index is 11.0. The number of nitrogens with one attached hydrogen (secondary N) is 1. The Kier molecular flexibility index (Phi) is 1.69. The van der Waals surface area contributed by atoms with Gasteiger partial charge in [-0.3, -0.25) is 0 Å². The topological polar surface area (TPSA) is 55.4 Å². The summed E-state index contributed by atoms with van der Waals surface area (Å²) in [6, 6.07) is 5.31. The van der Waals surface area contributed by atoms with E-state index in [1.54, 1.807) is 12.1 Å². The van der Waals surface area contributed by atoms with E-state index < -0.39 is 10.1 Å². The van der Waals surface area contributed by atoms with E-state index in [2.05, 4.69) is 5.32 Å². The Morgan fingerprint density at radius 1 is 1.46 bits per heavy atom. The maximum atomic E-state index is 11.0. The SMILES string of the molecule is Cc1ccc2c(c1)NCS(=O)(=O)O2. The average Bonchev–Trinajstić information content (AvgIpc) is 2.05. The fourth-order valence-electron chi connectivity index (χ4n) is 1.19. The number of fused-ring (bicyclic) bond motifs is 1. The van der Waals surface area contributed by atoms with Gasteiger partial charge in [0, 0.05) is 0 Å². The highest BCUT2D eigenvalue weighted by molar-refractivity contribution is 7.87. The Bertz CT molecular complexity index is 439. The van der Waals surface area contributed by atoms with Gasteiger partial charge >= 0.3 is 10.1 Å². The molecule has 0 bridgehead atoms. The number of rotatable bonds is 0. The number of hydrogen-bond acceptors (Lipinski definition) is 4. The van der Waals surface area contributed by atoms with Crippen molar-refractivity contribution in [2.24, 2.45) is 0 Å². The van der Waals surface area contributed by atoms with Crippen molar-refractivity contribution in [2.75, 3.05) is 11.2 Å². The first-order valence-corrected chi connectivity index (χ1v) is 5.41. The molecule has 0 amide bonds. The molecule has 0 radical (unpaired) electrons. The van der Waals surface area contributed by atoms with E-state index in [4.69, 9.17) is 4.18 Å². The number of hydrogen-bond donors (Lipinski definition) is 1. The molecule has 1 aromatic carbocycles. The van der Waals surface area contributed by atoms with E-state index in [0.29, 0.717) is 5.75 Å². The van der Waals surface area contributed by atoms with Crippen LogP contribution in [-0.2, 0) is 10.1 Å². The molecule has 0 fully saturated rings. The van der Waals surface area contributed by atoms with E-state index in [0.717, 1.165) is 11.3 Å². The largest absolute Gasteiger partial charge is 0.379 e. The van der Waals surface area contributed by atoms with Gasteiger partial charge in [-0.15, -0.1) is 0 Å². The molecular weight excluding hydrogens is 190 g/mol. The highest BCUT2D eigenvalue weighted by Gasteiger charge is 2.21. The normalized spacial score (nSPS) is 18.2. The van der Waals surface area contributed by atoms with Gasteiger partial charge in [0.05, 0.1) is 5.69 Å². The Labute approximate surface area is 76.7 Å². The first-order valence-electron chi connectivity index (χ1n) is 3.83. The van der Waals surface area contributed by atoms with Crippen molar-refractivity contribution in [1.82, 2.24) is 0 Å². The van der Waals surface area contributed by atoms with Crippen LogP contribution in [0, 0.1) is 6.92 Å². The Morgan fingerprint density at radius 2 is 2.23 bits per heavy atom. The molecule has 0 aromatic heterocycles. The van der Waals surface area contributed by atoms with Crippen molar-refractivity contribution in [2.45, 2.75) is 6.92 Å². The van der Waals surface area contributed by atoms with Crippen LogP contribution in [0.2, 0.25) is 0 Å². The monoisotopic (exact) mass is 199 g/mol. The minimum atomic E-state index is -3.42. The van der Waals surface area contributed by atoms with Gasteiger partial charge in [-0.2, -0.15) is 8.42 Å². The molecule has 0 spiro atoms. The summed E-state index contributed by atoms with van der Waals surface area (Å²) < 4.78 is 26.8. The standard InChI is InChI=1S/C8H9NO3S/c1-6-2-3-8-7(4-6)9-5-13(10,11)12-8/h2-4,9H,5H2,1H3. The summed E-state index contributed by atoms with van der Waals surface area (Å²) in [5.74, 6) is 0.209. The van der Waals surface area contributed by atoms with Crippen LogP contribution in [-0.4, -0.2) is 14.3 Å². The van der Waals surface area contributed by atoms with E-state index >= 15 is 0 Å². The number of anilines is 1. The Hall–Kier alpha value is -1.23. The molecule has 0 aliphatic carbocycles. The molecular formula is C8H9NO3S. The second kappa shape index (κ2) is 2.63. The molecule has 1 heterocycles. The summed E-state index contributed by atoms with van der Waals surface area (Å²) in [5, 5.41) is 2.78. The van der Waals surface area contributed by atoms with Crippen molar-refractivity contribution in [3.8, 4) is 5.75 Å². The fourth-order valence-corrected chi connectivity index (χ4v) is 2.00. The van der Waals surface area contributed by atoms with E-state index in [1.807, 2.05) is 13.0 Å². The molecule has 2 rings (SSSR count). The summed E-state index contributed by atoms with van der Waals surface area (Å²) in [6.07, 6.45) is 0. The van der Waals surface area contributed by atoms with E-state index in [-0.39, 0.29) is 5.88 Å². The Morgan fingerprint density at radius 3 is 3.00 bits per heavy atom. The first-order chi connectivity index (χ1) is 6.07. The lowest BCUT2D eigenvalue weighted by molar-refractivity contribution is 0.483. The highest BCUT2D eigenvalue weighted by atomic mass is 32.2. The number of benzene rings is 1. The molecule has 5 heteroatoms. The molecule has 0 saturated heterocycles. The minimum Gasteiger partial charge on any atom is -0.379 e. The van der Waals surface area contributed by atoms with Crippen LogP contribution in [0.3, 0.4) is 0 Å². The van der Waals surface area contributed by atoms with Gasteiger partial charge in [0.2, 0.25) is 0 Å². The maximum Gasteiger partial charge on any atom is 0.327 e. The van der Waals surface area contributed by atoms with Gasteiger partial charge in [-0.05, 0) is 24.6 Å². The summed E-state index contributed by atoms with van der Waals surface area (Å²) in [6.45, 7) is 1.94. The van der Waals surface area contributed by atoms with Crippen molar-refractivity contribution in [3.63, 3.8) is 0 Å². The van der Waals surface area contributed by atoms with E-state index in [9.17, 15) is 8.42 Å². The quantitative estimate of drug-likeness (QED) is 0.635. The van der Waals surface area contributed by atoms with Crippen LogP contribution in [0.15, 0.2) is 18.2 Å². The zero-order valence-electron chi connectivity index (χ0n) is 7.07. The highest BCUT2D eigenvalue weighted by Crippen LogP contribution is 2.30. The van der Waals surface area contributed by atoms with Crippen molar-refractivity contribution in [3.05, 3.63) is 23.8 Å². The molecule has 4 nitrogen and oxygen atoms in total. The summed E-state index contributed by atoms with van der Waals surface area (Å²) in [5.41, 5.74) is 1.80. The lowest BCUT2D eigenvalue weighted by atomic mass is 10.2. The number of aryl methyl sites for hydroxylation is 1. The third-order valence-electron chi connectivity index (χ3n) is 1.79. The van der Waals surface area contributed by atoms with E-state index in [1.165, 1.54) is 0 Å². The minimum absolute atomic E-state index is 0.163. The lowest BCUT2D eigenvalue weighted by Gasteiger charge is -2.18. The van der Waals surface area contributed by atoms with Crippen molar-refractivity contribution < 1.29 is 12.6 Å². The van der Waals surface area contributed by atoms with Crippen LogP contribution in [0.4, 0.5) is 5.69 Å². The van der Waals surface area contributed by atoms with Crippen LogP contribution in [0.1, 0.15) is 5.56 Å². The van der Waals surface area contributed by atoms with Crippen molar-refractivity contribution >= 4 is 15.8 Å². The van der Waals surface area contributed by atoms with Gasteiger partial charge in [-0.1, -0.05) is 6.07 Å². The summed E-state index contributed by atoms with van der Waals surface area (Å²) >= 11 is 0. The smallest absolute Gasteiger partial charge is 0.327 e. The molecule has 1 N–H and O–H groups in total. The zero-order valence-corrected chi connectivity index (χ0v) is 7.89. The third kappa shape index (κ3) is 1.60. The van der Waals surface area contributed by atoms with Crippen LogP contribution in [0.5, 0.6) is 5.75 Å². The lowest BCUT2D eigenvalue weighted by Crippen LogP contribution is -2.25. The van der Waals surface area contributed by atoms with Gasteiger partial charge in [-0.25, -0.2) is 0 Å². The molecule has 0 atom stereocenters. The summed E-state index contributed by atoms with van der Waals surface area (Å²) in [7, 11) is -3.42. The molecule has 70 valence electrons. The second-order valence-electron chi connectivity index (χ2n) is 2.96. The third-order valence-corrected chi connectivity index (χ3v) is 2.72. The molecule has 0 saturated carbocycles. The average molecular weight is 199 g/mol. The van der Waals surface area contributed by atoms with Crippen LogP contribution < -0.4 is 9.50 Å². The molecule has 1 aromatic rings. The first kappa shape index (κ1) is 8.37. The van der Waals surface area contributed by atoms with Crippen LogP contribution in [0.25, 0.3) is 0 Å². The molecule has 1 aliphatic rings.